The lowest BCUT2D eigenvalue weighted by Crippen LogP contribution is -2.32. The molecule has 2 rings (SSSR count). The number of carbonyl (C=O) groups is 1. The molecule has 0 radical (unpaired) electrons. The largest absolute Gasteiger partial charge is 0.451 e. The van der Waals surface area contributed by atoms with E-state index in [2.05, 4.69) is 6.92 Å². The summed E-state index contributed by atoms with van der Waals surface area (Å²) >= 11 is 0. The van der Waals surface area contributed by atoms with Crippen molar-refractivity contribution in [3.8, 4) is 0 Å². The Labute approximate surface area is 95.9 Å². The highest BCUT2D eigenvalue weighted by Gasteiger charge is 2.34. The van der Waals surface area contributed by atoms with Crippen molar-refractivity contribution in [2.24, 2.45) is 0 Å². The fourth-order valence-electron chi connectivity index (χ4n) is 2.12. The molecule has 0 N–H and O–H groups in total. The number of esters is 1. The van der Waals surface area contributed by atoms with Gasteiger partial charge in [0.25, 0.3) is 0 Å². The molecule has 0 spiro atoms. The molecular weight excluding hydrogens is 200 g/mol. The summed E-state index contributed by atoms with van der Waals surface area (Å²) in [6.07, 6.45) is 3.31. The van der Waals surface area contributed by atoms with Gasteiger partial charge in [-0.1, -0.05) is 42.8 Å². The van der Waals surface area contributed by atoms with Crippen molar-refractivity contribution in [3.63, 3.8) is 0 Å². The molecule has 1 atom stereocenters. The number of carbonyl (C=O) groups excluding carboxylic acids is 1. The second-order valence-corrected chi connectivity index (χ2v) is 4.35. The normalized spacial score (nSPS) is 24.9. The van der Waals surface area contributed by atoms with Gasteiger partial charge in [-0.15, -0.1) is 0 Å². The highest BCUT2D eigenvalue weighted by atomic mass is 16.6. The fraction of sp³-hybridized carbons (Fsp3) is 0.357. The maximum absolute atomic E-state index is 11.5. The zero-order chi connectivity index (χ0) is 11.6. The van der Waals surface area contributed by atoms with Gasteiger partial charge in [-0.3, -0.25) is 0 Å². The minimum atomic E-state index is -0.502. The van der Waals surface area contributed by atoms with Crippen LogP contribution in [0, 0.1) is 0 Å². The van der Waals surface area contributed by atoms with Crippen LogP contribution in [0.25, 0.3) is 0 Å². The van der Waals surface area contributed by atoms with E-state index >= 15 is 0 Å². The van der Waals surface area contributed by atoms with E-state index in [0.29, 0.717) is 0 Å². The third-order valence-electron chi connectivity index (χ3n) is 3.05. The molecule has 1 aliphatic heterocycles. The second-order valence-electron chi connectivity index (χ2n) is 4.35. The molecule has 1 aromatic carbocycles. The van der Waals surface area contributed by atoms with Crippen molar-refractivity contribution in [1.29, 1.82) is 0 Å². The molecular formula is C14H16O2. The minimum absolute atomic E-state index is 0.227. The fourth-order valence-corrected chi connectivity index (χ4v) is 2.12. The first-order valence-electron chi connectivity index (χ1n) is 5.62. The van der Waals surface area contributed by atoms with Crippen molar-refractivity contribution in [1.82, 2.24) is 0 Å². The lowest BCUT2D eigenvalue weighted by Gasteiger charge is -2.33. The molecule has 0 aliphatic carbocycles. The number of hydrogen-bond donors (Lipinski definition) is 0. The van der Waals surface area contributed by atoms with Crippen LogP contribution in [-0.4, -0.2) is 5.97 Å². The summed E-state index contributed by atoms with van der Waals surface area (Å²) in [4.78, 5) is 11.5. The Balaban J connectivity index is 2.34. The van der Waals surface area contributed by atoms with Crippen LogP contribution >= 0.6 is 0 Å². The van der Waals surface area contributed by atoms with Crippen molar-refractivity contribution in [2.75, 3.05) is 0 Å². The monoisotopic (exact) mass is 216 g/mol. The summed E-state index contributed by atoms with van der Waals surface area (Å²) in [7, 11) is 0. The zero-order valence-corrected chi connectivity index (χ0v) is 9.69. The van der Waals surface area contributed by atoms with Gasteiger partial charge >= 0.3 is 5.97 Å². The van der Waals surface area contributed by atoms with E-state index in [9.17, 15) is 4.79 Å². The van der Waals surface area contributed by atoms with Crippen LogP contribution in [0.1, 0.15) is 32.3 Å². The highest BCUT2D eigenvalue weighted by molar-refractivity contribution is 5.84. The van der Waals surface area contributed by atoms with Crippen molar-refractivity contribution in [2.45, 2.75) is 32.3 Å². The van der Waals surface area contributed by atoms with E-state index in [4.69, 9.17) is 4.74 Å². The Hall–Kier alpha value is -1.57. The Morgan fingerprint density at radius 1 is 1.31 bits per heavy atom. The summed E-state index contributed by atoms with van der Waals surface area (Å²) in [6.45, 7) is 4.04. The van der Waals surface area contributed by atoms with Gasteiger partial charge in [0.05, 0.1) is 0 Å². The van der Waals surface area contributed by atoms with Crippen molar-refractivity contribution in [3.05, 3.63) is 47.5 Å². The molecule has 0 fully saturated rings. The number of cyclic esters (lactones) is 1. The van der Waals surface area contributed by atoms with Gasteiger partial charge in [0.2, 0.25) is 0 Å². The number of benzene rings is 1. The molecule has 1 aromatic rings. The summed E-state index contributed by atoms with van der Waals surface area (Å²) < 4.78 is 5.48. The van der Waals surface area contributed by atoms with Crippen LogP contribution in [0.4, 0.5) is 0 Å². The van der Waals surface area contributed by atoms with Crippen LogP contribution in [0.2, 0.25) is 0 Å². The predicted molar refractivity (Wildman–Crippen MR) is 62.9 cm³/mol. The Bertz CT molecular complexity index is 420. The van der Waals surface area contributed by atoms with Crippen LogP contribution in [0.3, 0.4) is 0 Å². The number of ether oxygens (including phenoxy) is 1. The predicted octanol–water partition coefficient (Wildman–Crippen LogP) is 3.19. The molecule has 16 heavy (non-hydrogen) atoms. The lowest BCUT2D eigenvalue weighted by atomic mass is 9.86. The molecule has 0 aromatic heterocycles. The average molecular weight is 216 g/mol. The summed E-state index contributed by atoms with van der Waals surface area (Å²) in [5, 5.41) is 0. The molecule has 1 aliphatic rings. The maximum atomic E-state index is 11.5. The van der Waals surface area contributed by atoms with Gasteiger partial charge in [0.15, 0.2) is 0 Å². The summed E-state index contributed by atoms with van der Waals surface area (Å²) in [5.74, 6) is -0.227. The molecule has 84 valence electrons. The molecule has 2 heteroatoms. The van der Waals surface area contributed by atoms with Gasteiger partial charge in [0.1, 0.15) is 5.60 Å². The lowest BCUT2D eigenvalue weighted by molar-refractivity contribution is -0.155. The quantitative estimate of drug-likeness (QED) is 0.710. The number of hydrogen-bond acceptors (Lipinski definition) is 2. The zero-order valence-electron chi connectivity index (χ0n) is 9.69. The second kappa shape index (κ2) is 4.12. The van der Waals surface area contributed by atoms with Crippen LogP contribution in [-0.2, 0) is 15.1 Å². The Kier molecular flexibility index (Phi) is 2.82. The van der Waals surface area contributed by atoms with Gasteiger partial charge in [-0.2, -0.15) is 0 Å². The van der Waals surface area contributed by atoms with E-state index in [1.54, 1.807) is 6.08 Å². The first-order valence-corrected chi connectivity index (χ1v) is 5.62. The molecule has 0 unspecified atom stereocenters. The standard InChI is InChI=1S/C14H16O2/c1-3-11-9-13(15)16-14(2,10-11)12-7-5-4-6-8-12/h4-9H,3,10H2,1-2H3/t14-/m0/s1. The van der Waals surface area contributed by atoms with Crippen LogP contribution in [0.5, 0.6) is 0 Å². The first kappa shape index (κ1) is 10.9. The van der Waals surface area contributed by atoms with Gasteiger partial charge in [-0.25, -0.2) is 4.79 Å². The van der Waals surface area contributed by atoms with Gasteiger partial charge < -0.3 is 4.74 Å². The van der Waals surface area contributed by atoms with E-state index in [-0.39, 0.29) is 5.97 Å². The third-order valence-corrected chi connectivity index (χ3v) is 3.05. The van der Waals surface area contributed by atoms with Gasteiger partial charge in [-0.05, 0) is 18.9 Å². The third kappa shape index (κ3) is 2.01. The SMILES string of the molecule is CCC1=CC(=O)O[C@](C)(c2ccccc2)C1. The number of rotatable bonds is 2. The topological polar surface area (TPSA) is 26.3 Å². The van der Waals surface area contributed by atoms with E-state index in [1.807, 2.05) is 37.3 Å². The Morgan fingerprint density at radius 2 is 2.00 bits per heavy atom. The smallest absolute Gasteiger partial charge is 0.331 e. The summed E-state index contributed by atoms with van der Waals surface area (Å²) in [5.41, 5.74) is 1.71. The van der Waals surface area contributed by atoms with Gasteiger partial charge in [0, 0.05) is 12.5 Å². The van der Waals surface area contributed by atoms with Crippen molar-refractivity contribution >= 4 is 5.97 Å². The summed E-state index contributed by atoms with van der Waals surface area (Å²) in [6, 6.07) is 9.92. The molecule has 2 nitrogen and oxygen atoms in total. The molecule has 0 saturated heterocycles. The molecule has 0 bridgehead atoms. The van der Waals surface area contributed by atoms with E-state index in [0.717, 1.165) is 24.0 Å². The first-order chi connectivity index (χ1) is 7.64. The van der Waals surface area contributed by atoms with Crippen molar-refractivity contribution < 1.29 is 9.53 Å². The van der Waals surface area contributed by atoms with Crippen LogP contribution in [0.15, 0.2) is 42.0 Å². The maximum Gasteiger partial charge on any atom is 0.331 e. The molecule has 0 amide bonds. The molecule has 1 heterocycles. The van der Waals surface area contributed by atoms with E-state index in [1.165, 1.54) is 0 Å². The Morgan fingerprint density at radius 3 is 2.62 bits per heavy atom. The van der Waals surface area contributed by atoms with E-state index < -0.39 is 5.60 Å². The average Bonchev–Trinajstić information content (AvgIpc) is 2.29. The minimum Gasteiger partial charge on any atom is -0.451 e. The van der Waals surface area contributed by atoms with Crippen LogP contribution < -0.4 is 0 Å². The highest BCUT2D eigenvalue weighted by Crippen LogP contribution is 2.36. The molecule has 0 saturated carbocycles.